The van der Waals surface area contributed by atoms with Crippen molar-refractivity contribution < 1.29 is 19.0 Å². The summed E-state index contributed by atoms with van der Waals surface area (Å²) < 4.78 is 16.0. The van der Waals surface area contributed by atoms with Crippen molar-refractivity contribution in [2.45, 2.75) is 31.4 Å². The highest BCUT2D eigenvalue weighted by Crippen LogP contribution is 2.47. The maximum Gasteiger partial charge on any atom is 0.235 e. The predicted octanol–water partition coefficient (Wildman–Crippen LogP) is 2.57. The molecule has 0 aliphatic heterocycles. The molecule has 20 heavy (non-hydrogen) atoms. The number of ether oxygens (including phenoxy) is 3. The number of benzene rings is 1. The summed E-state index contributed by atoms with van der Waals surface area (Å²) in [4.78, 5) is 14.7. The Labute approximate surface area is 118 Å². The zero-order valence-corrected chi connectivity index (χ0v) is 12.1. The molecule has 0 spiro atoms. The second-order valence-electron chi connectivity index (χ2n) is 4.89. The summed E-state index contributed by atoms with van der Waals surface area (Å²) >= 11 is 0. The van der Waals surface area contributed by atoms with Crippen LogP contribution in [0.1, 0.15) is 30.4 Å². The van der Waals surface area contributed by atoms with Crippen LogP contribution in [0.25, 0.3) is 0 Å². The van der Waals surface area contributed by atoms with Crippen LogP contribution in [0.4, 0.5) is 0 Å². The minimum atomic E-state index is -0.455. The highest BCUT2D eigenvalue weighted by atomic mass is 16.5. The van der Waals surface area contributed by atoms with Gasteiger partial charge in [0.15, 0.2) is 11.5 Å². The molecule has 0 heterocycles. The van der Waals surface area contributed by atoms with Crippen LogP contribution in [-0.2, 0) is 21.7 Å². The van der Waals surface area contributed by atoms with Gasteiger partial charge in [-0.15, -0.1) is 0 Å². The quantitative estimate of drug-likeness (QED) is 0.592. The lowest BCUT2D eigenvalue weighted by Gasteiger charge is -2.37. The molecule has 0 N–H and O–H groups in total. The Kier molecular flexibility index (Phi) is 4.42. The molecule has 1 fully saturated rings. The molecule has 0 bridgehead atoms. The molecule has 5 heteroatoms. The van der Waals surface area contributed by atoms with Gasteiger partial charge in [0.1, 0.15) is 0 Å². The Morgan fingerprint density at radius 2 is 2.00 bits per heavy atom. The van der Waals surface area contributed by atoms with Gasteiger partial charge in [-0.05, 0) is 37.0 Å². The van der Waals surface area contributed by atoms with Crippen LogP contribution in [0.5, 0.6) is 11.5 Å². The molecular formula is C15H19NO4. The van der Waals surface area contributed by atoms with E-state index in [9.17, 15) is 4.79 Å². The smallest absolute Gasteiger partial charge is 0.235 e. The predicted molar refractivity (Wildman–Crippen MR) is 73.9 cm³/mol. The van der Waals surface area contributed by atoms with Gasteiger partial charge in [0.05, 0.1) is 26.4 Å². The highest BCUT2D eigenvalue weighted by Gasteiger charge is 2.39. The van der Waals surface area contributed by atoms with Crippen LogP contribution in [0.2, 0.25) is 0 Å². The van der Waals surface area contributed by atoms with Crippen molar-refractivity contribution in [2.75, 3.05) is 21.3 Å². The second-order valence-corrected chi connectivity index (χ2v) is 4.89. The average molecular weight is 277 g/mol. The molecule has 0 unspecified atom stereocenters. The van der Waals surface area contributed by atoms with Crippen LogP contribution < -0.4 is 9.47 Å². The van der Waals surface area contributed by atoms with Gasteiger partial charge in [-0.1, -0.05) is 0 Å². The Morgan fingerprint density at radius 3 is 2.45 bits per heavy atom. The normalized spacial score (nSPS) is 15.9. The van der Waals surface area contributed by atoms with Crippen molar-refractivity contribution >= 4 is 6.08 Å². The fourth-order valence-electron chi connectivity index (χ4n) is 2.64. The summed E-state index contributed by atoms with van der Waals surface area (Å²) in [6.07, 6.45) is 4.46. The van der Waals surface area contributed by atoms with Gasteiger partial charge in [-0.25, -0.2) is 4.79 Å². The third kappa shape index (κ3) is 2.42. The summed E-state index contributed by atoms with van der Waals surface area (Å²) in [6, 6.07) is 3.86. The first-order valence-electron chi connectivity index (χ1n) is 6.54. The van der Waals surface area contributed by atoms with Gasteiger partial charge in [0.25, 0.3) is 0 Å². The number of rotatable bonds is 6. The van der Waals surface area contributed by atoms with Crippen LogP contribution in [-0.4, -0.2) is 27.4 Å². The molecule has 108 valence electrons. The molecule has 1 aromatic rings. The number of isocyanates is 1. The Hall–Kier alpha value is -1.84. The summed E-state index contributed by atoms with van der Waals surface area (Å²) in [6.45, 7) is 0.411. The Bertz CT molecular complexity index is 531. The van der Waals surface area contributed by atoms with Crippen molar-refractivity contribution in [1.82, 2.24) is 0 Å². The van der Waals surface area contributed by atoms with Gasteiger partial charge in [0, 0.05) is 12.7 Å². The van der Waals surface area contributed by atoms with Crippen LogP contribution in [0, 0.1) is 0 Å². The van der Waals surface area contributed by atoms with Gasteiger partial charge in [-0.3, -0.25) is 0 Å². The lowest BCUT2D eigenvalue weighted by atomic mass is 9.72. The van der Waals surface area contributed by atoms with Crippen molar-refractivity contribution in [1.29, 1.82) is 0 Å². The van der Waals surface area contributed by atoms with E-state index in [2.05, 4.69) is 4.99 Å². The number of methoxy groups -OCH3 is 3. The summed E-state index contributed by atoms with van der Waals surface area (Å²) in [7, 11) is 4.81. The zero-order chi connectivity index (χ0) is 14.6. The van der Waals surface area contributed by atoms with Gasteiger partial charge in [-0.2, -0.15) is 4.99 Å². The molecule has 0 saturated heterocycles. The van der Waals surface area contributed by atoms with E-state index >= 15 is 0 Å². The molecule has 2 rings (SSSR count). The minimum absolute atomic E-state index is 0.411. The van der Waals surface area contributed by atoms with Crippen molar-refractivity contribution in [3.05, 3.63) is 23.3 Å². The largest absolute Gasteiger partial charge is 0.493 e. The fraction of sp³-hybridized carbons (Fsp3) is 0.533. The van der Waals surface area contributed by atoms with Crippen LogP contribution >= 0.6 is 0 Å². The van der Waals surface area contributed by atoms with Crippen molar-refractivity contribution in [2.24, 2.45) is 4.99 Å². The van der Waals surface area contributed by atoms with Crippen molar-refractivity contribution in [3.8, 4) is 11.5 Å². The molecule has 1 saturated carbocycles. The maximum atomic E-state index is 10.7. The first-order valence-corrected chi connectivity index (χ1v) is 6.54. The van der Waals surface area contributed by atoms with Gasteiger partial charge < -0.3 is 14.2 Å². The number of hydrogen-bond acceptors (Lipinski definition) is 5. The van der Waals surface area contributed by atoms with Gasteiger partial charge >= 0.3 is 0 Å². The van der Waals surface area contributed by atoms with Crippen molar-refractivity contribution in [3.63, 3.8) is 0 Å². The summed E-state index contributed by atoms with van der Waals surface area (Å²) in [5.74, 6) is 1.28. The van der Waals surface area contributed by atoms with E-state index in [1.807, 2.05) is 12.1 Å². The molecule has 0 aromatic heterocycles. The third-order valence-electron chi connectivity index (χ3n) is 3.83. The van der Waals surface area contributed by atoms with E-state index in [1.54, 1.807) is 27.4 Å². The molecule has 0 amide bonds. The Balaban J connectivity index is 2.54. The lowest BCUT2D eigenvalue weighted by Crippen LogP contribution is -2.32. The molecular weight excluding hydrogens is 258 g/mol. The molecule has 5 nitrogen and oxygen atoms in total. The standard InChI is InChI=1S/C15H19NO4/c1-18-9-11-7-12(8-13(19-2)14(11)20-3)15(16-10-17)5-4-6-15/h7-8H,4-6,9H2,1-3H3. The zero-order valence-electron chi connectivity index (χ0n) is 12.1. The highest BCUT2D eigenvalue weighted by molar-refractivity contribution is 5.52. The van der Waals surface area contributed by atoms with Gasteiger partial charge in [0.2, 0.25) is 6.08 Å². The molecule has 0 atom stereocenters. The maximum absolute atomic E-state index is 10.7. The second kappa shape index (κ2) is 6.07. The summed E-state index contributed by atoms with van der Waals surface area (Å²) in [5, 5.41) is 0. The summed E-state index contributed by atoms with van der Waals surface area (Å²) in [5.41, 5.74) is 1.39. The number of nitrogens with zero attached hydrogens (tertiary/aromatic N) is 1. The van der Waals surface area contributed by atoms with E-state index in [0.717, 1.165) is 30.4 Å². The number of aliphatic imine (C=N–C) groups is 1. The monoisotopic (exact) mass is 277 g/mol. The lowest BCUT2D eigenvalue weighted by molar-refractivity contribution is 0.180. The molecule has 1 aliphatic carbocycles. The Morgan fingerprint density at radius 1 is 1.25 bits per heavy atom. The average Bonchev–Trinajstić information content (AvgIpc) is 2.42. The van der Waals surface area contributed by atoms with Crippen LogP contribution in [0.15, 0.2) is 17.1 Å². The fourth-order valence-corrected chi connectivity index (χ4v) is 2.64. The molecule has 1 aliphatic rings. The number of hydrogen-bond donors (Lipinski definition) is 0. The first kappa shape index (κ1) is 14.6. The number of carbonyl (C=O) groups excluding carboxylic acids is 1. The van der Waals surface area contributed by atoms with Crippen LogP contribution in [0.3, 0.4) is 0 Å². The molecule has 1 aromatic carbocycles. The SMILES string of the molecule is COCc1cc(C2(N=C=O)CCC2)cc(OC)c1OC. The minimum Gasteiger partial charge on any atom is -0.493 e. The third-order valence-corrected chi connectivity index (χ3v) is 3.83. The van der Waals surface area contributed by atoms with E-state index < -0.39 is 5.54 Å². The van der Waals surface area contributed by atoms with E-state index in [1.165, 1.54) is 0 Å². The topological polar surface area (TPSA) is 57.1 Å². The van der Waals surface area contributed by atoms with E-state index in [-0.39, 0.29) is 0 Å². The first-order chi connectivity index (χ1) is 9.70. The molecule has 0 radical (unpaired) electrons. The van der Waals surface area contributed by atoms with E-state index in [0.29, 0.717) is 18.1 Å². The van der Waals surface area contributed by atoms with E-state index in [4.69, 9.17) is 14.2 Å².